The Hall–Kier alpha value is -2.27. The minimum atomic E-state index is -1.03. The molecule has 0 spiro atoms. The number of carbonyl (C=O) groups excluding carboxylic acids is 1. The van der Waals surface area contributed by atoms with Crippen LogP contribution in [0.2, 0.25) is 0 Å². The van der Waals surface area contributed by atoms with Crippen LogP contribution in [0.15, 0.2) is 67.0 Å². The lowest BCUT2D eigenvalue weighted by molar-refractivity contribution is -0.127. The summed E-state index contributed by atoms with van der Waals surface area (Å²) in [5.41, 5.74) is 1.86. The van der Waals surface area contributed by atoms with Crippen LogP contribution in [0.5, 0.6) is 0 Å². The molecular formula is C22H25ClN2O2. The monoisotopic (exact) mass is 384 g/mol. The van der Waals surface area contributed by atoms with E-state index in [4.69, 9.17) is 0 Å². The van der Waals surface area contributed by atoms with Crippen LogP contribution in [0.4, 0.5) is 0 Å². The lowest BCUT2D eigenvalue weighted by atomic mass is 10.0. The van der Waals surface area contributed by atoms with Crippen molar-refractivity contribution in [3.8, 4) is 0 Å². The second-order valence-electron chi connectivity index (χ2n) is 6.66. The van der Waals surface area contributed by atoms with Crippen molar-refractivity contribution >= 4 is 29.0 Å². The summed E-state index contributed by atoms with van der Waals surface area (Å²) in [5, 5.41) is 15.9. The highest BCUT2D eigenvalue weighted by Crippen LogP contribution is 2.17. The molecule has 4 nitrogen and oxygen atoms in total. The number of aliphatic hydroxyl groups is 1. The van der Waals surface area contributed by atoms with Gasteiger partial charge in [-0.1, -0.05) is 42.5 Å². The van der Waals surface area contributed by atoms with Crippen molar-refractivity contribution in [2.24, 2.45) is 0 Å². The number of rotatable bonds is 8. The Morgan fingerprint density at radius 2 is 1.89 bits per heavy atom. The Kier molecular flexibility index (Phi) is 7.92. The number of nitrogens with zero attached hydrogens (tertiary/aromatic N) is 1. The van der Waals surface area contributed by atoms with Crippen LogP contribution >= 0.6 is 12.4 Å². The van der Waals surface area contributed by atoms with Gasteiger partial charge in [0.1, 0.15) is 6.10 Å². The van der Waals surface area contributed by atoms with Gasteiger partial charge >= 0.3 is 0 Å². The molecule has 0 aliphatic carbocycles. The second-order valence-corrected chi connectivity index (χ2v) is 6.66. The van der Waals surface area contributed by atoms with Gasteiger partial charge < -0.3 is 10.4 Å². The van der Waals surface area contributed by atoms with E-state index in [-0.39, 0.29) is 24.2 Å². The maximum atomic E-state index is 12.2. The predicted molar refractivity (Wildman–Crippen MR) is 111 cm³/mol. The van der Waals surface area contributed by atoms with Crippen molar-refractivity contribution < 1.29 is 9.90 Å². The Bertz CT molecular complexity index is 870. The number of carbonyl (C=O) groups is 1. The Balaban J connectivity index is 0.00000261. The summed E-state index contributed by atoms with van der Waals surface area (Å²) in [6.07, 6.45) is 3.68. The number of aliphatic hydroxyl groups excluding tert-OH is 1. The van der Waals surface area contributed by atoms with E-state index in [1.807, 2.05) is 30.5 Å². The van der Waals surface area contributed by atoms with E-state index in [0.29, 0.717) is 18.4 Å². The molecular weight excluding hydrogens is 360 g/mol. The first-order valence-corrected chi connectivity index (χ1v) is 8.95. The van der Waals surface area contributed by atoms with Crippen LogP contribution in [0.25, 0.3) is 10.8 Å². The summed E-state index contributed by atoms with van der Waals surface area (Å²) in [6, 6.07) is 17.6. The van der Waals surface area contributed by atoms with Crippen LogP contribution < -0.4 is 5.32 Å². The van der Waals surface area contributed by atoms with Gasteiger partial charge in [0.2, 0.25) is 0 Å². The first kappa shape index (κ1) is 21.0. The van der Waals surface area contributed by atoms with Crippen LogP contribution in [-0.2, 0) is 11.3 Å². The molecule has 27 heavy (non-hydrogen) atoms. The molecule has 142 valence electrons. The maximum Gasteiger partial charge on any atom is 0.165 e. The molecule has 2 atom stereocenters. The number of pyridine rings is 1. The molecule has 3 aromatic rings. The van der Waals surface area contributed by atoms with Crippen molar-refractivity contribution in [3.05, 3.63) is 78.1 Å². The summed E-state index contributed by atoms with van der Waals surface area (Å²) >= 11 is 0. The first-order chi connectivity index (χ1) is 12.6. The number of hydrogen-bond acceptors (Lipinski definition) is 4. The quantitative estimate of drug-likeness (QED) is 0.610. The third-order valence-corrected chi connectivity index (χ3v) is 4.60. The number of ketones is 1. The van der Waals surface area contributed by atoms with E-state index in [1.54, 1.807) is 18.3 Å². The average molecular weight is 385 g/mol. The van der Waals surface area contributed by atoms with E-state index in [9.17, 15) is 9.90 Å². The SMILES string of the molecule is C[C@H](CCC(=O)[C@@H](O)c1ccccc1)NCc1ccc2cnccc2c1.Cl. The Morgan fingerprint density at radius 3 is 2.67 bits per heavy atom. The van der Waals surface area contributed by atoms with Gasteiger partial charge in [-0.3, -0.25) is 9.78 Å². The van der Waals surface area contributed by atoms with Gasteiger partial charge in [0, 0.05) is 36.8 Å². The number of hydrogen-bond donors (Lipinski definition) is 2. The summed E-state index contributed by atoms with van der Waals surface area (Å²) in [7, 11) is 0. The molecule has 0 saturated carbocycles. The van der Waals surface area contributed by atoms with Crippen LogP contribution in [-0.4, -0.2) is 21.9 Å². The van der Waals surface area contributed by atoms with Gasteiger partial charge in [0.15, 0.2) is 5.78 Å². The molecule has 0 aliphatic rings. The number of Topliss-reactive ketones (excluding diaryl/α,β-unsaturated/α-hetero) is 1. The van der Waals surface area contributed by atoms with Crippen molar-refractivity contribution in [3.63, 3.8) is 0 Å². The van der Waals surface area contributed by atoms with Gasteiger partial charge in [-0.15, -0.1) is 12.4 Å². The fraction of sp³-hybridized carbons (Fsp3) is 0.273. The fourth-order valence-electron chi connectivity index (χ4n) is 2.95. The van der Waals surface area contributed by atoms with Crippen LogP contribution in [0.1, 0.15) is 37.0 Å². The Labute approximate surface area is 166 Å². The largest absolute Gasteiger partial charge is 0.381 e. The minimum Gasteiger partial charge on any atom is -0.381 e. The standard InChI is InChI=1S/C22H24N2O2.ClH/c1-16(7-10-21(25)22(26)18-5-3-2-4-6-18)24-14-17-8-9-20-15-23-12-11-19(20)13-17;/h2-6,8-9,11-13,15-16,22,24,26H,7,10,14H2,1H3;1H/t16-,22+;/m1./s1. The zero-order valence-corrected chi connectivity index (χ0v) is 16.2. The highest BCUT2D eigenvalue weighted by Gasteiger charge is 2.17. The highest BCUT2D eigenvalue weighted by atomic mass is 35.5. The van der Waals surface area contributed by atoms with Crippen molar-refractivity contribution in [1.82, 2.24) is 10.3 Å². The first-order valence-electron chi connectivity index (χ1n) is 8.95. The van der Waals surface area contributed by atoms with Gasteiger partial charge in [0.25, 0.3) is 0 Å². The molecule has 0 saturated heterocycles. The van der Waals surface area contributed by atoms with E-state index in [2.05, 4.69) is 35.4 Å². The summed E-state index contributed by atoms with van der Waals surface area (Å²) in [4.78, 5) is 16.3. The average Bonchev–Trinajstić information content (AvgIpc) is 2.70. The zero-order chi connectivity index (χ0) is 18.4. The third-order valence-electron chi connectivity index (χ3n) is 4.60. The molecule has 1 aromatic heterocycles. The maximum absolute atomic E-state index is 12.2. The molecule has 1 heterocycles. The van der Waals surface area contributed by atoms with Crippen molar-refractivity contribution in [1.29, 1.82) is 0 Å². The second kappa shape index (κ2) is 10.2. The molecule has 5 heteroatoms. The van der Waals surface area contributed by atoms with Crippen molar-refractivity contribution in [2.75, 3.05) is 0 Å². The smallest absolute Gasteiger partial charge is 0.165 e. The summed E-state index contributed by atoms with van der Waals surface area (Å²) < 4.78 is 0. The molecule has 0 amide bonds. The lowest BCUT2D eigenvalue weighted by Gasteiger charge is -2.15. The molecule has 0 aliphatic heterocycles. The molecule has 0 unspecified atom stereocenters. The topological polar surface area (TPSA) is 62.2 Å². The molecule has 2 N–H and O–H groups in total. The number of nitrogens with one attached hydrogen (secondary N) is 1. The van der Waals surface area contributed by atoms with Crippen LogP contribution in [0, 0.1) is 0 Å². The van der Waals surface area contributed by atoms with E-state index in [1.165, 1.54) is 10.9 Å². The van der Waals surface area contributed by atoms with Gasteiger partial charge in [0.05, 0.1) is 0 Å². The molecule has 0 radical (unpaired) electrons. The number of halogens is 1. The number of benzene rings is 2. The van der Waals surface area contributed by atoms with Gasteiger partial charge in [-0.05, 0) is 42.0 Å². The molecule has 0 fully saturated rings. The summed E-state index contributed by atoms with van der Waals surface area (Å²) in [5.74, 6) is -0.136. The highest BCUT2D eigenvalue weighted by molar-refractivity contribution is 5.85. The Morgan fingerprint density at radius 1 is 1.11 bits per heavy atom. The van der Waals surface area contributed by atoms with Gasteiger partial charge in [-0.2, -0.15) is 0 Å². The van der Waals surface area contributed by atoms with Gasteiger partial charge in [-0.25, -0.2) is 0 Å². The van der Waals surface area contributed by atoms with E-state index >= 15 is 0 Å². The molecule has 2 aromatic carbocycles. The molecule has 3 rings (SSSR count). The van der Waals surface area contributed by atoms with Crippen molar-refractivity contribution in [2.45, 2.75) is 38.5 Å². The normalized spacial score (nSPS) is 13.0. The van der Waals surface area contributed by atoms with E-state index < -0.39 is 6.10 Å². The third kappa shape index (κ3) is 5.86. The number of aromatic nitrogens is 1. The van der Waals surface area contributed by atoms with E-state index in [0.717, 1.165) is 11.9 Å². The number of fused-ring (bicyclic) bond motifs is 1. The van der Waals surface area contributed by atoms with Crippen LogP contribution in [0.3, 0.4) is 0 Å². The summed E-state index contributed by atoms with van der Waals surface area (Å²) in [6.45, 7) is 2.81. The minimum absolute atomic E-state index is 0. The fourth-order valence-corrected chi connectivity index (χ4v) is 2.95. The lowest BCUT2D eigenvalue weighted by Crippen LogP contribution is -2.26. The molecule has 0 bridgehead atoms. The predicted octanol–water partition coefficient (Wildman–Crippen LogP) is 4.22. The zero-order valence-electron chi connectivity index (χ0n) is 15.3.